The van der Waals surface area contributed by atoms with Gasteiger partial charge in [0.1, 0.15) is 5.78 Å². The second kappa shape index (κ2) is 22.2. The lowest BCUT2D eigenvalue weighted by Gasteiger charge is -2.35. The van der Waals surface area contributed by atoms with Crippen LogP contribution in [0.3, 0.4) is 0 Å². The molecule has 0 aromatic heterocycles. The number of carbonyl (C=O) groups is 3. The standard InChI is InChI=1S/C16H18O3.C15H18O.3C2H6/c1-3-10-16(15(18)19-4-2)11-9-14(17)12-7-5-6-8-13(12)16;1-5-14(6-2)15-10-13(9-12(4)16)8-7-11(15)3;3*1-2/h3,5-8H,1,4,9-11H2,2H3;7-8,10H,1,6,9H2,2-4H3;3*1-2H3. The van der Waals surface area contributed by atoms with Gasteiger partial charge in [0.2, 0.25) is 0 Å². The van der Waals surface area contributed by atoms with Gasteiger partial charge < -0.3 is 4.74 Å². The molecule has 0 radical (unpaired) electrons. The van der Waals surface area contributed by atoms with Gasteiger partial charge in [-0.1, -0.05) is 104 Å². The average Bonchev–Trinajstić information content (AvgIpc) is 3.00. The number of rotatable bonds is 8. The summed E-state index contributed by atoms with van der Waals surface area (Å²) in [5, 5.41) is 0. The van der Waals surface area contributed by atoms with E-state index in [4.69, 9.17) is 4.74 Å². The number of benzene rings is 2. The molecule has 0 saturated carbocycles. The first-order valence-corrected chi connectivity index (χ1v) is 15.1. The van der Waals surface area contributed by atoms with Gasteiger partial charge in [-0.2, -0.15) is 0 Å². The molecule has 41 heavy (non-hydrogen) atoms. The molecule has 0 heterocycles. The zero-order valence-corrected chi connectivity index (χ0v) is 27.4. The quantitative estimate of drug-likeness (QED) is 0.182. The van der Waals surface area contributed by atoms with Crippen molar-refractivity contribution in [1.29, 1.82) is 0 Å². The average molecular weight is 563 g/mol. The van der Waals surface area contributed by atoms with Crippen LogP contribution in [0.2, 0.25) is 0 Å². The Bertz CT molecular complexity index is 1150. The summed E-state index contributed by atoms with van der Waals surface area (Å²) in [6.45, 7) is 27.4. The molecule has 1 unspecified atom stereocenters. The number of esters is 1. The molecule has 0 spiro atoms. The Labute approximate surface area is 250 Å². The largest absolute Gasteiger partial charge is 0.465 e. The maximum atomic E-state index is 12.4. The molecule has 1 aliphatic carbocycles. The van der Waals surface area contributed by atoms with E-state index in [1.54, 1.807) is 26.0 Å². The maximum Gasteiger partial charge on any atom is 0.316 e. The van der Waals surface area contributed by atoms with Gasteiger partial charge in [0.25, 0.3) is 0 Å². The third kappa shape index (κ3) is 11.5. The molecule has 1 aliphatic rings. The van der Waals surface area contributed by atoms with Crippen LogP contribution in [0.1, 0.15) is 121 Å². The smallest absolute Gasteiger partial charge is 0.316 e. The molecule has 0 amide bonds. The molecule has 3 rings (SSSR count). The van der Waals surface area contributed by atoms with Crippen LogP contribution in [0.25, 0.3) is 5.57 Å². The normalized spacial score (nSPS) is 14.2. The summed E-state index contributed by atoms with van der Waals surface area (Å²) < 4.78 is 5.23. The molecule has 0 fully saturated rings. The molecule has 0 N–H and O–H groups in total. The van der Waals surface area contributed by atoms with E-state index >= 15 is 0 Å². The number of carbonyl (C=O) groups excluding carboxylic acids is 3. The van der Waals surface area contributed by atoms with Crippen molar-refractivity contribution in [2.24, 2.45) is 0 Å². The highest BCUT2D eigenvalue weighted by molar-refractivity contribution is 6.02. The summed E-state index contributed by atoms with van der Waals surface area (Å²) in [5.41, 5.74) is 8.20. The van der Waals surface area contributed by atoms with Crippen molar-refractivity contribution in [1.82, 2.24) is 0 Å². The van der Waals surface area contributed by atoms with Crippen LogP contribution in [-0.4, -0.2) is 24.1 Å². The van der Waals surface area contributed by atoms with E-state index in [0.29, 0.717) is 37.9 Å². The molecule has 4 heteroatoms. The number of hydrogen-bond acceptors (Lipinski definition) is 4. The zero-order valence-electron chi connectivity index (χ0n) is 27.4. The molecule has 0 bridgehead atoms. The van der Waals surface area contributed by atoms with Gasteiger partial charge in [-0.3, -0.25) is 14.4 Å². The second-order valence-corrected chi connectivity index (χ2v) is 8.80. The predicted molar refractivity (Wildman–Crippen MR) is 176 cm³/mol. The van der Waals surface area contributed by atoms with Crippen LogP contribution in [0.4, 0.5) is 0 Å². The van der Waals surface area contributed by atoms with Gasteiger partial charge in [0.05, 0.1) is 12.0 Å². The number of ether oxygens (including phenoxy) is 1. The first-order valence-electron chi connectivity index (χ1n) is 15.1. The van der Waals surface area contributed by atoms with Crippen molar-refractivity contribution in [2.45, 2.75) is 107 Å². The van der Waals surface area contributed by atoms with Crippen molar-refractivity contribution >= 4 is 23.1 Å². The van der Waals surface area contributed by atoms with Crippen molar-refractivity contribution in [3.63, 3.8) is 0 Å². The van der Waals surface area contributed by atoms with Gasteiger partial charge in [0.15, 0.2) is 5.78 Å². The highest BCUT2D eigenvalue weighted by Gasteiger charge is 2.45. The summed E-state index contributed by atoms with van der Waals surface area (Å²) in [7, 11) is 0. The van der Waals surface area contributed by atoms with Crippen LogP contribution in [0.15, 0.2) is 67.4 Å². The molecular weight excluding hydrogens is 508 g/mol. The van der Waals surface area contributed by atoms with Gasteiger partial charge in [0, 0.05) is 24.0 Å². The number of Topliss-reactive ketones (excluding diaryl/α,β-unsaturated/α-hetero) is 2. The molecule has 2 aromatic rings. The Balaban J connectivity index is 0. The Morgan fingerprint density at radius 3 is 2.15 bits per heavy atom. The third-order valence-electron chi connectivity index (χ3n) is 6.33. The topological polar surface area (TPSA) is 60.4 Å². The van der Waals surface area contributed by atoms with Gasteiger partial charge >= 0.3 is 5.97 Å². The van der Waals surface area contributed by atoms with Crippen molar-refractivity contribution < 1.29 is 19.1 Å². The number of aryl methyl sites for hydroxylation is 1. The predicted octanol–water partition coefficient (Wildman–Crippen LogP) is 9.82. The number of ketones is 2. The fourth-order valence-corrected chi connectivity index (χ4v) is 4.57. The van der Waals surface area contributed by atoms with Crippen LogP contribution in [0.5, 0.6) is 0 Å². The zero-order chi connectivity index (χ0) is 32.0. The van der Waals surface area contributed by atoms with E-state index in [-0.39, 0.29) is 17.5 Å². The minimum absolute atomic E-state index is 0.0968. The molecule has 0 saturated heterocycles. The lowest BCUT2D eigenvalue weighted by Crippen LogP contribution is -2.41. The Kier molecular flexibility index (Phi) is 21.5. The summed E-state index contributed by atoms with van der Waals surface area (Å²) >= 11 is 0. The summed E-state index contributed by atoms with van der Waals surface area (Å²) in [6.07, 6.45) is 4.51. The minimum Gasteiger partial charge on any atom is -0.465 e. The van der Waals surface area contributed by atoms with Crippen molar-refractivity contribution in [2.75, 3.05) is 6.61 Å². The fourth-order valence-electron chi connectivity index (χ4n) is 4.57. The lowest BCUT2D eigenvalue weighted by atomic mass is 9.67. The first-order chi connectivity index (χ1) is 19.7. The summed E-state index contributed by atoms with van der Waals surface area (Å²) in [4.78, 5) is 35.5. The van der Waals surface area contributed by atoms with E-state index in [1.807, 2.05) is 65.8 Å². The lowest BCUT2D eigenvalue weighted by molar-refractivity contribution is -0.150. The highest BCUT2D eigenvalue weighted by Crippen LogP contribution is 2.41. The van der Waals surface area contributed by atoms with Crippen LogP contribution in [-0.2, 0) is 26.2 Å². The number of fused-ring (bicyclic) bond motifs is 1. The summed E-state index contributed by atoms with van der Waals surface area (Å²) in [6, 6.07) is 13.5. The maximum absolute atomic E-state index is 12.4. The molecule has 4 nitrogen and oxygen atoms in total. The van der Waals surface area contributed by atoms with Gasteiger partial charge in [-0.05, 0) is 62.3 Å². The number of allylic oxidation sites excluding steroid dienone is 2. The van der Waals surface area contributed by atoms with Crippen LogP contribution < -0.4 is 0 Å². The monoisotopic (exact) mass is 562 g/mol. The Morgan fingerprint density at radius 2 is 1.63 bits per heavy atom. The fraction of sp³-hybridized carbons (Fsp3) is 0.459. The van der Waals surface area contributed by atoms with E-state index in [9.17, 15) is 14.4 Å². The highest BCUT2D eigenvalue weighted by atomic mass is 16.5. The SMILES string of the molecule is C=C=C(CC)c1cc(CC(C)=O)ccc1C.C=CCC1(C(=O)OCC)CCC(=O)c2ccccc21.CC.CC.CC. The van der Waals surface area contributed by atoms with Gasteiger partial charge in [-0.15, -0.1) is 12.3 Å². The molecule has 226 valence electrons. The van der Waals surface area contributed by atoms with Crippen molar-refractivity contribution in [3.8, 4) is 0 Å². The first kappa shape index (κ1) is 39.7. The Hall–Kier alpha value is -3.49. The van der Waals surface area contributed by atoms with Crippen molar-refractivity contribution in [3.05, 3.63) is 95.2 Å². The van der Waals surface area contributed by atoms with E-state index < -0.39 is 5.41 Å². The third-order valence-corrected chi connectivity index (χ3v) is 6.33. The van der Waals surface area contributed by atoms with E-state index in [2.05, 4.69) is 44.9 Å². The minimum atomic E-state index is -0.748. The van der Waals surface area contributed by atoms with Gasteiger partial charge in [-0.25, -0.2) is 0 Å². The molecule has 0 aliphatic heterocycles. The molecular formula is C37H54O4. The Morgan fingerprint density at radius 1 is 1.02 bits per heavy atom. The summed E-state index contributed by atoms with van der Waals surface area (Å²) in [5.74, 6) is 0.0323. The van der Waals surface area contributed by atoms with E-state index in [1.165, 1.54) is 5.56 Å². The second-order valence-electron chi connectivity index (χ2n) is 8.80. The molecule has 1 atom stereocenters. The van der Waals surface area contributed by atoms with Crippen LogP contribution >= 0.6 is 0 Å². The number of hydrogen-bond donors (Lipinski definition) is 0. The van der Waals surface area contributed by atoms with Crippen LogP contribution in [0, 0.1) is 6.92 Å². The molecule has 2 aromatic carbocycles. The van der Waals surface area contributed by atoms with E-state index in [0.717, 1.165) is 28.7 Å².